The number of aromatic hydroxyl groups is 15. The highest BCUT2D eigenvalue weighted by molar-refractivity contribution is 6.21. The standard InChI is InChI=1S/C51H36N4O16/c52-50(19-7-3-1-4-8-19)54-51(20-9-5-2-6-10-20)53-18-22-13-21(23-14-28(58)41(64)35-36-42(65)30(60)17-31(61)49(36)71-48(23)35)11-12-25(22)55-37-26(56)15-24(32-43(66)45(68)47(70)46(69)44(32)67)39(62)33(37)34-38(55)27(57)16-29(59)40(34)63/h1-17,56-70H,18H2,(H2,52,53,54). The van der Waals surface area contributed by atoms with Crippen LogP contribution in [0.2, 0.25) is 0 Å². The Morgan fingerprint density at radius 2 is 0.944 bits per heavy atom. The number of phenols is 15. The van der Waals surface area contributed by atoms with Crippen LogP contribution in [0.1, 0.15) is 16.7 Å². The van der Waals surface area contributed by atoms with Gasteiger partial charge in [-0.2, -0.15) is 0 Å². The van der Waals surface area contributed by atoms with E-state index in [-0.39, 0.29) is 68.0 Å². The van der Waals surface area contributed by atoms with E-state index in [1.807, 2.05) is 0 Å². The smallest absolute Gasteiger partial charge is 0.208 e. The van der Waals surface area contributed by atoms with Crippen molar-refractivity contribution >= 4 is 55.4 Å². The largest absolute Gasteiger partial charge is 0.507 e. The third-order valence-electron chi connectivity index (χ3n) is 12.1. The van der Waals surface area contributed by atoms with Crippen LogP contribution in [0.4, 0.5) is 0 Å². The molecule has 20 heteroatoms. The van der Waals surface area contributed by atoms with E-state index in [1.54, 1.807) is 60.7 Å². The SMILES string of the molecule is N/C(=N\C(=N/Cc1cc(-c2cc(O)c(O)c3c2oc2c(O)cc(O)c(O)c23)ccc1-n1c2c(O)cc(O)c(O)c2c2c(O)c(-c3c(O)c(O)c(O)c(O)c3O)cc(O)c21)c1ccccc1)c1ccccc1. The van der Waals surface area contributed by atoms with Crippen molar-refractivity contribution in [2.24, 2.45) is 15.7 Å². The lowest BCUT2D eigenvalue weighted by atomic mass is 9.97. The number of phenolic OH excluding ortho intramolecular Hbond substituents is 15. The number of furan rings is 1. The molecule has 2 heterocycles. The minimum atomic E-state index is -1.32. The topological polar surface area (TPSA) is 372 Å². The van der Waals surface area contributed by atoms with Crippen molar-refractivity contribution in [1.82, 2.24) is 4.57 Å². The maximum Gasteiger partial charge on any atom is 0.208 e. The summed E-state index contributed by atoms with van der Waals surface area (Å²) < 4.78 is 7.18. The fraction of sp³-hybridized carbons (Fsp3) is 0.0196. The lowest BCUT2D eigenvalue weighted by molar-refractivity contribution is 0.330. The van der Waals surface area contributed by atoms with E-state index in [9.17, 15) is 76.6 Å². The van der Waals surface area contributed by atoms with E-state index in [2.05, 4.69) is 4.99 Å². The zero-order valence-electron chi connectivity index (χ0n) is 36.1. The number of fused-ring (bicyclic) bond motifs is 6. The molecule has 0 amide bonds. The van der Waals surface area contributed by atoms with E-state index in [1.165, 1.54) is 22.8 Å². The van der Waals surface area contributed by atoms with Gasteiger partial charge in [0.25, 0.3) is 0 Å². The molecule has 0 aliphatic carbocycles. The number of rotatable bonds is 7. The zero-order chi connectivity index (χ0) is 50.5. The van der Waals surface area contributed by atoms with Crippen molar-refractivity contribution < 1.29 is 81.0 Å². The van der Waals surface area contributed by atoms with Crippen molar-refractivity contribution in [1.29, 1.82) is 0 Å². The quantitative estimate of drug-likeness (QED) is 0.0311. The summed E-state index contributed by atoms with van der Waals surface area (Å²) in [5, 5.41) is 164. The molecule has 71 heavy (non-hydrogen) atoms. The molecule has 0 aliphatic heterocycles. The summed E-state index contributed by atoms with van der Waals surface area (Å²) in [5.41, 5.74) is 5.05. The molecule has 0 fully saturated rings. The highest BCUT2D eigenvalue weighted by atomic mass is 16.4. The van der Waals surface area contributed by atoms with E-state index < -0.39 is 114 Å². The number of amidine groups is 2. The number of aromatic nitrogens is 1. The van der Waals surface area contributed by atoms with Gasteiger partial charge in [0.05, 0.1) is 39.3 Å². The predicted molar refractivity (Wildman–Crippen MR) is 258 cm³/mol. The van der Waals surface area contributed by atoms with Crippen molar-refractivity contribution in [3.63, 3.8) is 0 Å². The second-order valence-electron chi connectivity index (χ2n) is 16.2. The molecule has 356 valence electrons. The molecule has 0 unspecified atom stereocenters. The van der Waals surface area contributed by atoms with Gasteiger partial charge in [-0.15, -0.1) is 0 Å². The average Bonchev–Trinajstić information content (AvgIpc) is 3.95. The molecule has 20 nitrogen and oxygen atoms in total. The Labute approximate surface area is 396 Å². The average molecular weight is 961 g/mol. The number of hydrogen-bond acceptors (Lipinski definition) is 17. The molecule has 0 radical (unpaired) electrons. The van der Waals surface area contributed by atoms with Crippen LogP contribution in [-0.2, 0) is 6.54 Å². The lowest BCUT2D eigenvalue weighted by Gasteiger charge is -2.17. The third-order valence-corrected chi connectivity index (χ3v) is 12.1. The van der Waals surface area contributed by atoms with Gasteiger partial charge < -0.3 is 91.3 Å². The van der Waals surface area contributed by atoms with Gasteiger partial charge in [-0.25, -0.2) is 4.99 Å². The summed E-state index contributed by atoms with van der Waals surface area (Å²) in [6.45, 7) is -0.369. The Hall–Kier alpha value is -10.5. The van der Waals surface area contributed by atoms with E-state index >= 15 is 0 Å². The maximum atomic E-state index is 12.1. The van der Waals surface area contributed by atoms with Crippen molar-refractivity contribution in [2.75, 3.05) is 0 Å². The summed E-state index contributed by atoms with van der Waals surface area (Å²) in [6, 6.07) is 25.4. The number of hydrogen-bond donors (Lipinski definition) is 16. The molecule has 0 aliphatic rings. The monoisotopic (exact) mass is 960 g/mol. The number of nitrogens with zero attached hydrogens (tertiary/aromatic N) is 3. The second-order valence-corrected chi connectivity index (χ2v) is 16.2. The molecule has 10 rings (SSSR count). The van der Waals surface area contributed by atoms with Crippen LogP contribution < -0.4 is 5.73 Å². The summed E-state index contributed by atoms with van der Waals surface area (Å²) >= 11 is 0. The van der Waals surface area contributed by atoms with Crippen LogP contribution in [0, 0.1) is 0 Å². The van der Waals surface area contributed by atoms with Crippen LogP contribution in [0.5, 0.6) is 86.2 Å². The molecular formula is C51H36N4O16. The van der Waals surface area contributed by atoms with Gasteiger partial charge in [-0.1, -0.05) is 66.7 Å². The minimum absolute atomic E-state index is 0.0161. The van der Waals surface area contributed by atoms with Crippen LogP contribution in [0.25, 0.3) is 71.7 Å². The Kier molecular flexibility index (Phi) is 10.0. The summed E-state index contributed by atoms with van der Waals surface area (Å²) in [6.07, 6.45) is 0. The third kappa shape index (κ3) is 6.69. The fourth-order valence-electron chi connectivity index (χ4n) is 8.77. The fourth-order valence-corrected chi connectivity index (χ4v) is 8.77. The van der Waals surface area contributed by atoms with Crippen LogP contribution in [0.3, 0.4) is 0 Å². The Morgan fingerprint density at radius 3 is 1.56 bits per heavy atom. The molecule has 8 aromatic carbocycles. The first-order chi connectivity index (χ1) is 33.9. The molecule has 17 N–H and O–H groups in total. The van der Waals surface area contributed by atoms with Crippen molar-refractivity contribution in [3.05, 3.63) is 120 Å². The molecular weight excluding hydrogens is 925 g/mol. The zero-order valence-corrected chi connectivity index (χ0v) is 36.1. The number of nitrogens with two attached hydrogens (primary N) is 1. The van der Waals surface area contributed by atoms with Crippen molar-refractivity contribution in [3.8, 4) is 114 Å². The van der Waals surface area contributed by atoms with E-state index in [4.69, 9.17) is 15.1 Å². The second kappa shape index (κ2) is 16.1. The first-order valence-corrected chi connectivity index (χ1v) is 20.9. The van der Waals surface area contributed by atoms with Crippen molar-refractivity contribution in [2.45, 2.75) is 6.54 Å². The predicted octanol–water partition coefficient (Wildman–Crippen LogP) is 7.95. The van der Waals surface area contributed by atoms with E-state index in [0.29, 0.717) is 11.1 Å². The van der Waals surface area contributed by atoms with Crippen LogP contribution >= 0.6 is 0 Å². The van der Waals surface area contributed by atoms with Crippen LogP contribution in [-0.4, -0.2) is 92.8 Å². The molecule has 0 saturated heterocycles. The summed E-state index contributed by atoms with van der Waals surface area (Å²) in [4.78, 5) is 9.56. The first kappa shape index (κ1) is 44.3. The van der Waals surface area contributed by atoms with Gasteiger partial charge in [0, 0.05) is 34.4 Å². The lowest BCUT2D eigenvalue weighted by Crippen LogP contribution is -2.16. The molecule has 0 saturated carbocycles. The minimum Gasteiger partial charge on any atom is -0.507 e. The molecule has 2 aromatic heterocycles. The van der Waals surface area contributed by atoms with Gasteiger partial charge in [0.15, 0.2) is 63.2 Å². The molecule has 0 atom stereocenters. The van der Waals surface area contributed by atoms with Gasteiger partial charge in [0.2, 0.25) is 17.2 Å². The molecule has 10 aromatic rings. The Bertz CT molecular complexity index is 3950. The van der Waals surface area contributed by atoms with Gasteiger partial charge >= 0.3 is 0 Å². The van der Waals surface area contributed by atoms with Crippen LogP contribution in [0.15, 0.2) is 118 Å². The molecule has 0 spiro atoms. The summed E-state index contributed by atoms with van der Waals surface area (Å²) in [5.74, 6) is -14.3. The normalized spacial score (nSPS) is 12.2. The van der Waals surface area contributed by atoms with Gasteiger partial charge in [-0.3, -0.25) is 4.99 Å². The maximum absolute atomic E-state index is 12.1. The van der Waals surface area contributed by atoms with Gasteiger partial charge in [0.1, 0.15) is 39.7 Å². The first-order valence-electron chi connectivity index (χ1n) is 20.9. The Morgan fingerprint density at radius 1 is 0.451 bits per heavy atom. The number of benzene rings is 8. The number of aliphatic imine (C=N–C) groups is 2. The highest BCUT2D eigenvalue weighted by Gasteiger charge is 2.33. The Balaban J connectivity index is 1.30. The highest BCUT2D eigenvalue weighted by Crippen LogP contribution is 2.60. The van der Waals surface area contributed by atoms with E-state index in [0.717, 1.165) is 24.3 Å². The summed E-state index contributed by atoms with van der Waals surface area (Å²) in [7, 11) is 0. The molecule has 0 bridgehead atoms. The van der Waals surface area contributed by atoms with Gasteiger partial charge in [-0.05, 0) is 35.4 Å².